The average Bonchev–Trinajstić information content (AvgIpc) is 2.32. The molecule has 0 fully saturated rings. The molecule has 0 radical (unpaired) electrons. The number of hydrogen-bond donors (Lipinski definition) is 1. The molecule has 0 spiro atoms. The maximum atomic E-state index is 12.1. The third kappa shape index (κ3) is 4.90. The van der Waals surface area contributed by atoms with E-state index in [1.165, 1.54) is 25.3 Å². The molecule has 0 aliphatic rings. The molecular weight excluding hydrogens is 265 g/mol. The highest BCUT2D eigenvalue weighted by molar-refractivity contribution is 5.86. The SMILES string of the molecule is COc1cccc(/C=C/C(=O)O)c1OCC(F)(F)F. The van der Waals surface area contributed by atoms with E-state index in [4.69, 9.17) is 9.84 Å². The summed E-state index contributed by atoms with van der Waals surface area (Å²) >= 11 is 0. The summed E-state index contributed by atoms with van der Waals surface area (Å²) in [6.07, 6.45) is -2.56. The van der Waals surface area contributed by atoms with E-state index < -0.39 is 18.8 Å². The molecule has 0 amide bonds. The average molecular weight is 276 g/mol. The van der Waals surface area contributed by atoms with Crippen molar-refractivity contribution in [2.75, 3.05) is 13.7 Å². The molecular formula is C12H11F3O4. The molecule has 0 heterocycles. The van der Waals surface area contributed by atoms with Crippen molar-refractivity contribution in [2.45, 2.75) is 6.18 Å². The number of halogens is 3. The molecule has 0 aliphatic heterocycles. The molecule has 0 atom stereocenters. The van der Waals surface area contributed by atoms with Crippen LogP contribution in [0.4, 0.5) is 13.2 Å². The van der Waals surface area contributed by atoms with Gasteiger partial charge in [0, 0.05) is 11.6 Å². The fourth-order valence-electron chi connectivity index (χ4n) is 1.29. The van der Waals surface area contributed by atoms with Gasteiger partial charge < -0.3 is 14.6 Å². The largest absolute Gasteiger partial charge is 0.493 e. The highest BCUT2D eigenvalue weighted by Crippen LogP contribution is 2.33. The Morgan fingerprint density at radius 2 is 2.11 bits per heavy atom. The van der Waals surface area contributed by atoms with Crippen molar-refractivity contribution in [3.8, 4) is 11.5 Å². The summed E-state index contributed by atoms with van der Waals surface area (Å²) in [5, 5.41) is 8.51. The van der Waals surface area contributed by atoms with E-state index in [9.17, 15) is 18.0 Å². The Balaban J connectivity index is 3.06. The summed E-state index contributed by atoms with van der Waals surface area (Å²) in [6.45, 7) is -1.48. The molecule has 1 rings (SSSR count). The van der Waals surface area contributed by atoms with Crippen molar-refractivity contribution in [1.82, 2.24) is 0 Å². The molecule has 1 N–H and O–H groups in total. The molecule has 0 saturated carbocycles. The summed E-state index contributed by atoms with van der Waals surface area (Å²) in [4.78, 5) is 10.4. The Labute approximate surface area is 107 Å². The third-order valence-corrected chi connectivity index (χ3v) is 2.01. The van der Waals surface area contributed by atoms with Gasteiger partial charge in [0.15, 0.2) is 18.1 Å². The zero-order valence-corrected chi connectivity index (χ0v) is 9.90. The topological polar surface area (TPSA) is 55.8 Å². The van der Waals surface area contributed by atoms with Crippen LogP contribution in [0.1, 0.15) is 5.56 Å². The summed E-state index contributed by atoms with van der Waals surface area (Å²) in [5.41, 5.74) is 0.186. The number of carbonyl (C=O) groups is 1. The Bertz CT molecular complexity index is 480. The van der Waals surface area contributed by atoms with Gasteiger partial charge in [0.2, 0.25) is 0 Å². The van der Waals surface area contributed by atoms with Gasteiger partial charge in [-0.2, -0.15) is 13.2 Å². The van der Waals surface area contributed by atoms with Crippen LogP contribution in [-0.4, -0.2) is 31.0 Å². The van der Waals surface area contributed by atoms with Crippen LogP contribution in [0.25, 0.3) is 6.08 Å². The fourth-order valence-corrected chi connectivity index (χ4v) is 1.29. The van der Waals surface area contributed by atoms with Crippen LogP contribution in [0.2, 0.25) is 0 Å². The van der Waals surface area contributed by atoms with Gasteiger partial charge in [-0.25, -0.2) is 4.79 Å². The number of carboxylic acids is 1. The van der Waals surface area contributed by atoms with Gasteiger partial charge in [0.1, 0.15) is 0 Å². The summed E-state index contributed by atoms with van der Waals surface area (Å²) < 4.78 is 46.0. The van der Waals surface area contributed by atoms with Crippen LogP contribution in [0.5, 0.6) is 11.5 Å². The molecule has 0 saturated heterocycles. The van der Waals surface area contributed by atoms with Crippen LogP contribution in [0, 0.1) is 0 Å². The zero-order valence-electron chi connectivity index (χ0n) is 9.90. The van der Waals surface area contributed by atoms with Gasteiger partial charge >= 0.3 is 12.1 Å². The van der Waals surface area contributed by atoms with Crippen molar-refractivity contribution in [1.29, 1.82) is 0 Å². The number of benzene rings is 1. The Morgan fingerprint density at radius 1 is 1.42 bits per heavy atom. The lowest BCUT2D eigenvalue weighted by molar-refractivity contribution is -0.153. The normalized spacial score (nSPS) is 11.6. The predicted octanol–water partition coefficient (Wildman–Crippen LogP) is 2.73. The molecule has 104 valence electrons. The number of ether oxygens (including phenoxy) is 2. The van der Waals surface area contributed by atoms with Crippen molar-refractivity contribution < 1.29 is 32.5 Å². The Hall–Kier alpha value is -2.18. The van der Waals surface area contributed by atoms with Crippen molar-refractivity contribution in [2.24, 2.45) is 0 Å². The van der Waals surface area contributed by atoms with E-state index in [0.29, 0.717) is 0 Å². The van der Waals surface area contributed by atoms with Gasteiger partial charge in [-0.05, 0) is 12.1 Å². The van der Waals surface area contributed by atoms with Gasteiger partial charge in [-0.1, -0.05) is 12.1 Å². The molecule has 1 aromatic rings. The first-order chi connectivity index (χ1) is 8.83. The van der Waals surface area contributed by atoms with E-state index in [0.717, 1.165) is 12.2 Å². The first-order valence-electron chi connectivity index (χ1n) is 5.11. The number of alkyl halides is 3. The standard InChI is InChI=1S/C12H11F3O4/c1-18-9-4-2-3-8(5-6-10(16)17)11(9)19-7-12(13,14)15/h2-6H,7H2,1H3,(H,16,17)/b6-5+. The maximum absolute atomic E-state index is 12.1. The lowest BCUT2D eigenvalue weighted by Gasteiger charge is -2.14. The van der Waals surface area contributed by atoms with Crippen LogP contribution in [0.3, 0.4) is 0 Å². The van der Waals surface area contributed by atoms with Gasteiger partial charge in [-0.15, -0.1) is 0 Å². The molecule has 0 aliphatic carbocycles. The Kier molecular flexibility index (Phi) is 4.80. The Morgan fingerprint density at radius 3 is 2.63 bits per heavy atom. The first-order valence-corrected chi connectivity index (χ1v) is 5.11. The van der Waals surface area contributed by atoms with E-state index in [2.05, 4.69) is 4.74 Å². The van der Waals surface area contributed by atoms with Crippen LogP contribution in [0.15, 0.2) is 24.3 Å². The second-order valence-corrected chi connectivity index (χ2v) is 3.45. The van der Waals surface area contributed by atoms with Crippen molar-refractivity contribution in [3.63, 3.8) is 0 Å². The van der Waals surface area contributed by atoms with Crippen molar-refractivity contribution in [3.05, 3.63) is 29.8 Å². The maximum Gasteiger partial charge on any atom is 0.422 e. The smallest absolute Gasteiger partial charge is 0.422 e. The van der Waals surface area contributed by atoms with Crippen molar-refractivity contribution >= 4 is 12.0 Å². The molecule has 7 heteroatoms. The van der Waals surface area contributed by atoms with Crippen LogP contribution < -0.4 is 9.47 Å². The van der Waals surface area contributed by atoms with Gasteiger partial charge in [0.05, 0.1) is 7.11 Å². The lowest BCUT2D eigenvalue weighted by atomic mass is 10.1. The number of carboxylic acid groups (broad SMARTS) is 1. The highest BCUT2D eigenvalue weighted by atomic mass is 19.4. The molecule has 0 aromatic heterocycles. The second kappa shape index (κ2) is 6.12. The summed E-state index contributed by atoms with van der Waals surface area (Å²) in [5.74, 6) is -1.28. The lowest BCUT2D eigenvalue weighted by Crippen LogP contribution is -2.19. The number of aliphatic carboxylic acids is 1. The number of rotatable bonds is 5. The zero-order chi connectivity index (χ0) is 14.5. The number of methoxy groups -OCH3 is 1. The number of para-hydroxylation sites is 1. The second-order valence-electron chi connectivity index (χ2n) is 3.45. The molecule has 0 bridgehead atoms. The third-order valence-electron chi connectivity index (χ3n) is 2.01. The van der Waals surface area contributed by atoms with E-state index in [1.807, 2.05) is 0 Å². The van der Waals surface area contributed by atoms with Crippen LogP contribution >= 0.6 is 0 Å². The minimum atomic E-state index is -4.49. The number of hydrogen-bond acceptors (Lipinski definition) is 3. The minimum Gasteiger partial charge on any atom is -0.493 e. The monoisotopic (exact) mass is 276 g/mol. The highest BCUT2D eigenvalue weighted by Gasteiger charge is 2.29. The summed E-state index contributed by atoms with van der Waals surface area (Å²) in [7, 11) is 1.28. The molecule has 4 nitrogen and oxygen atoms in total. The quantitative estimate of drug-likeness (QED) is 0.840. The van der Waals surface area contributed by atoms with Crippen LogP contribution in [-0.2, 0) is 4.79 Å². The van der Waals surface area contributed by atoms with E-state index in [1.54, 1.807) is 0 Å². The fraction of sp³-hybridized carbons (Fsp3) is 0.250. The van der Waals surface area contributed by atoms with E-state index >= 15 is 0 Å². The summed E-state index contributed by atoms with van der Waals surface area (Å²) in [6, 6.07) is 4.36. The van der Waals surface area contributed by atoms with Gasteiger partial charge in [0.25, 0.3) is 0 Å². The van der Waals surface area contributed by atoms with E-state index in [-0.39, 0.29) is 17.1 Å². The van der Waals surface area contributed by atoms with Gasteiger partial charge in [-0.3, -0.25) is 0 Å². The molecule has 19 heavy (non-hydrogen) atoms. The molecule has 1 aromatic carbocycles. The minimum absolute atomic E-state index is 0.0942. The first kappa shape index (κ1) is 14.9. The predicted molar refractivity (Wildman–Crippen MR) is 61.2 cm³/mol. The molecule has 0 unspecified atom stereocenters.